The van der Waals surface area contributed by atoms with Crippen LogP contribution in [-0.4, -0.2) is 41.2 Å². The van der Waals surface area contributed by atoms with Crippen molar-refractivity contribution in [3.05, 3.63) is 47.9 Å². The Morgan fingerprint density at radius 1 is 1.28 bits per heavy atom. The van der Waals surface area contributed by atoms with E-state index in [1.54, 1.807) is 0 Å². The number of aryl methyl sites for hydroxylation is 1. The van der Waals surface area contributed by atoms with Crippen molar-refractivity contribution >= 4 is 11.5 Å². The van der Waals surface area contributed by atoms with Crippen LogP contribution in [0, 0.1) is 5.82 Å². The molecular weight excluding hydrogens is 434 g/mol. The van der Waals surface area contributed by atoms with E-state index in [2.05, 4.69) is 26.8 Å². The molecule has 0 radical (unpaired) electrons. The van der Waals surface area contributed by atoms with Gasteiger partial charge in [-0.15, -0.1) is 23.4 Å². The fourth-order valence-electron chi connectivity index (χ4n) is 3.69. The average Bonchev–Trinajstić information content (AvgIpc) is 3.18. The summed E-state index contributed by atoms with van der Waals surface area (Å²) in [6.07, 6.45) is -4.59. The second-order valence-electron chi connectivity index (χ2n) is 7.84. The minimum atomic E-state index is -4.65. The molecule has 2 heterocycles. The Bertz CT molecular complexity index is 1000. The van der Waals surface area contributed by atoms with Crippen LogP contribution in [0.1, 0.15) is 48.9 Å². The molecule has 1 aromatic heterocycles. The summed E-state index contributed by atoms with van der Waals surface area (Å²) in [6.45, 7) is 4.12. The van der Waals surface area contributed by atoms with Gasteiger partial charge in [0.25, 0.3) is 5.91 Å². The molecule has 32 heavy (non-hydrogen) atoms. The molecule has 0 unspecified atom stereocenters. The fourth-order valence-corrected chi connectivity index (χ4v) is 3.69. The number of aromatic nitrogens is 2. The Kier molecular flexibility index (Phi) is 6.18. The van der Waals surface area contributed by atoms with E-state index in [1.165, 1.54) is 18.2 Å². The predicted molar refractivity (Wildman–Crippen MR) is 103 cm³/mol. The molecule has 172 valence electrons. The Labute approximate surface area is 180 Å². The molecule has 1 fully saturated rings. The van der Waals surface area contributed by atoms with Crippen molar-refractivity contribution in [3.8, 4) is 5.75 Å². The van der Waals surface area contributed by atoms with Crippen molar-refractivity contribution in [1.29, 1.82) is 0 Å². The molecule has 0 saturated heterocycles. The number of carbonyl (C=O) groups is 1. The molecule has 1 N–H and O–H groups in total. The summed E-state index contributed by atoms with van der Waals surface area (Å²) in [5.41, 5.74) is 1.23. The lowest BCUT2D eigenvalue weighted by Crippen LogP contribution is -2.40. The third-order valence-electron chi connectivity index (χ3n) is 5.47. The van der Waals surface area contributed by atoms with E-state index >= 15 is 0 Å². The zero-order valence-corrected chi connectivity index (χ0v) is 17.0. The van der Waals surface area contributed by atoms with Crippen LogP contribution in [-0.2, 0) is 16.0 Å². The molecule has 0 spiro atoms. The number of amides is 1. The van der Waals surface area contributed by atoms with Gasteiger partial charge in [0.2, 0.25) is 11.8 Å². The van der Waals surface area contributed by atoms with Crippen molar-refractivity contribution in [2.75, 3.05) is 6.54 Å². The maximum Gasteiger partial charge on any atom is 0.522 e. The molecule has 1 aliphatic heterocycles. The predicted octanol–water partition coefficient (Wildman–Crippen LogP) is 3.90. The first-order chi connectivity index (χ1) is 15.2. The van der Waals surface area contributed by atoms with Gasteiger partial charge in [0.1, 0.15) is 11.6 Å². The molecule has 1 atom stereocenters. The average molecular weight is 455 g/mol. The number of fused-ring (bicyclic) bond motifs is 1. The lowest BCUT2D eigenvalue weighted by atomic mass is 9.82. The maximum atomic E-state index is 13.3. The van der Waals surface area contributed by atoms with Crippen molar-refractivity contribution in [3.63, 3.8) is 0 Å². The Morgan fingerprint density at radius 3 is 2.81 bits per heavy atom. The van der Waals surface area contributed by atoms with E-state index < -0.39 is 18.6 Å². The van der Waals surface area contributed by atoms with Crippen LogP contribution in [0.4, 0.5) is 17.6 Å². The first kappa shape index (κ1) is 22.3. The van der Waals surface area contributed by atoms with Crippen LogP contribution < -0.4 is 10.1 Å². The monoisotopic (exact) mass is 455 g/mol. The Hall–Kier alpha value is -2.95. The van der Waals surface area contributed by atoms with E-state index in [-0.39, 0.29) is 48.8 Å². The molecule has 1 amide bonds. The summed E-state index contributed by atoms with van der Waals surface area (Å²) < 4.78 is 65.0. The number of halogens is 4. The second kappa shape index (κ2) is 8.89. The molecule has 0 bridgehead atoms. The number of ether oxygens (including phenoxy) is 2. The molecule has 4 rings (SSSR count). The SMILES string of the molecule is C=C(CCNC(=O)[C@H]1CCc2cc(F)ccc2O1)c1nnc([C@H]2C[C@@H](OC(F)(F)F)C2)o1. The van der Waals surface area contributed by atoms with Crippen molar-refractivity contribution < 1.29 is 36.2 Å². The van der Waals surface area contributed by atoms with Crippen molar-refractivity contribution in [1.82, 2.24) is 15.5 Å². The summed E-state index contributed by atoms with van der Waals surface area (Å²) in [7, 11) is 0. The highest BCUT2D eigenvalue weighted by molar-refractivity contribution is 5.81. The minimum absolute atomic E-state index is 0.154. The number of nitrogens with one attached hydrogen (secondary N) is 1. The van der Waals surface area contributed by atoms with Gasteiger partial charge in [-0.3, -0.25) is 9.53 Å². The molecular formula is C21H21F4N3O4. The van der Waals surface area contributed by atoms with Crippen molar-refractivity contribution in [2.24, 2.45) is 0 Å². The van der Waals surface area contributed by atoms with Gasteiger partial charge in [-0.2, -0.15) is 0 Å². The van der Waals surface area contributed by atoms with Crippen LogP contribution in [0.2, 0.25) is 0 Å². The highest BCUT2D eigenvalue weighted by atomic mass is 19.4. The van der Waals surface area contributed by atoms with Gasteiger partial charge in [0, 0.05) is 18.0 Å². The van der Waals surface area contributed by atoms with Gasteiger partial charge in [0.15, 0.2) is 6.10 Å². The highest BCUT2D eigenvalue weighted by Gasteiger charge is 2.42. The van der Waals surface area contributed by atoms with Crippen LogP contribution in [0.25, 0.3) is 5.57 Å². The zero-order chi connectivity index (χ0) is 22.9. The Morgan fingerprint density at radius 2 is 2.06 bits per heavy atom. The molecule has 1 aliphatic carbocycles. The number of hydrogen-bond donors (Lipinski definition) is 1. The van der Waals surface area contributed by atoms with E-state index in [0.29, 0.717) is 30.6 Å². The lowest BCUT2D eigenvalue weighted by Gasteiger charge is -2.32. The van der Waals surface area contributed by atoms with Gasteiger partial charge in [-0.25, -0.2) is 4.39 Å². The molecule has 1 saturated carbocycles. The number of hydrogen-bond acceptors (Lipinski definition) is 6. The summed E-state index contributed by atoms with van der Waals surface area (Å²) in [5, 5.41) is 10.5. The maximum absolute atomic E-state index is 13.3. The van der Waals surface area contributed by atoms with Gasteiger partial charge in [-0.05, 0) is 55.9 Å². The third kappa shape index (κ3) is 5.26. The summed E-state index contributed by atoms with van der Waals surface area (Å²) in [6, 6.07) is 4.20. The lowest BCUT2D eigenvalue weighted by molar-refractivity contribution is -0.352. The van der Waals surface area contributed by atoms with Crippen LogP contribution in [0.3, 0.4) is 0 Å². The smallest absolute Gasteiger partial charge is 0.480 e. The molecule has 1 aromatic carbocycles. The fraction of sp³-hybridized carbons (Fsp3) is 0.476. The van der Waals surface area contributed by atoms with Crippen LogP contribution in [0.15, 0.2) is 29.2 Å². The van der Waals surface area contributed by atoms with E-state index in [9.17, 15) is 22.4 Å². The van der Waals surface area contributed by atoms with Crippen LogP contribution >= 0.6 is 0 Å². The standard InChI is InChI=1S/C21H21F4N3O4/c1-11(19-27-28-20(31-19)13-9-15(10-13)32-21(23,24)25)6-7-26-18(29)17-4-2-12-8-14(22)3-5-16(12)30-17/h3,5,8,13,15,17H,1-2,4,6-7,9-10H2,(H,26,29)/t13-,15+,17-/m1/s1. The highest BCUT2D eigenvalue weighted by Crippen LogP contribution is 2.41. The van der Waals surface area contributed by atoms with E-state index in [0.717, 1.165) is 5.56 Å². The first-order valence-corrected chi connectivity index (χ1v) is 10.2. The van der Waals surface area contributed by atoms with E-state index in [1.807, 2.05) is 0 Å². The summed E-state index contributed by atoms with van der Waals surface area (Å²) in [4.78, 5) is 12.4. The summed E-state index contributed by atoms with van der Waals surface area (Å²) in [5.74, 6) is 0.0153. The van der Waals surface area contributed by atoms with Crippen LogP contribution in [0.5, 0.6) is 5.75 Å². The number of rotatable bonds is 7. The first-order valence-electron chi connectivity index (χ1n) is 10.2. The van der Waals surface area contributed by atoms with E-state index in [4.69, 9.17) is 9.15 Å². The number of nitrogens with zero attached hydrogens (tertiary/aromatic N) is 2. The number of alkyl halides is 3. The minimum Gasteiger partial charge on any atom is -0.480 e. The molecule has 7 nitrogen and oxygen atoms in total. The van der Waals surface area contributed by atoms with Gasteiger partial charge in [-0.1, -0.05) is 6.58 Å². The van der Waals surface area contributed by atoms with Gasteiger partial charge in [0.05, 0.1) is 6.10 Å². The molecule has 2 aromatic rings. The second-order valence-corrected chi connectivity index (χ2v) is 7.84. The Balaban J connectivity index is 1.20. The van der Waals surface area contributed by atoms with Gasteiger partial charge < -0.3 is 14.5 Å². The van der Waals surface area contributed by atoms with Gasteiger partial charge >= 0.3 is 6.36 Å². The quantitative estimate of drug-likeness (QED) is 0.638. The zero-order valence-electron chi connectivity index (χ0n) is 17.0. The normalized spacial score (nSPS) is 22.4. The summed E-state index contributed by atoms with van der Waals surface area (Å²) >= 11 is 0. The largest absolute Gasteiger partial charge is 0.522 e. The topological polar surface area (TPSA) is 86.5 Å². The third-order valence-corrected chi connectivity index (χ3v) is 5.47. The number of carbonyl (C=O) groups excluding carboxylic acids is 1. The number of benzene rings is 1. The molecule has 2 aliphatic rings. The van der Waals surface area contributed by atoms with Crippen molar-refractivity contribution in [2.45, 2.75) is 56.6 Å². The molecule has 11 heteroatoms.